The smallest absolute Gasteiger partial charge is 0.275 e. The predicted octanol–water partition coefficient (Wildman–Crippen LogP) is 2.70. The fourth-order valence-electron chi connectivity index (χ4n) is 1.72. The van der Waals surface area contributed by atoms with Gasteiger partial charge >= 0.3 is 0 Å². The van der Waals surface area contributed by atoms with Crippen molar-refractivity contribution in [3.05, 3.63) is 33.7 Å². The number of carbonyl (C=O) groups is 1. The molecule has 0 aliphatic carbocycles. The van der Waals surface area contributed by atoms with Gasteiger partial charge in [-0.25, -0.2) is 0 Å². The van der Waals surface area contributed by atoms with Gasteiger partial charge in [-0.15, -0.1) is 0 Å². The second-order valence-electron chi connectivity index (χ2n) is 4.08. The SMILES string of the molecule is Cc1nsc(N(C)C(=O)c2cc(Br)cn2C)c1C#N. The van der Waals surface area contributed by atoms with Crippen molar-refractivity contribution in [2.24, 2.45) is 7.05 Å². The van der Waals surface area contributed by atoms with Crippen molar-refractivity contribution < 1.29 is 4.79 Å². The summed E-state index contributed by atoms with van der Waals surface area (Å²) in [5.41, 5.74) is 1.65. The molecule has 98 valence electrons. The van der Waals surface area contributed by atoms with Gasteiger partial charge in [0.05, 0.1) is 5.69 Å². The fourth-order valence-corrected chi connectivity index (χ4v) is 3.04. The van der Waals surface area contributed by atoms with Crippen molar-refractivity contribution in [3.8, 4) is 6.07 Å². The predicted molar refractivity (Wildman–Crippen MR) is 77.4 cm³/mol. The topological polar surface area (TPSA) is 61.9 Å². The Labute approximate surface area is 123 Å². The molecule has 0 spiro atoms. The van der Waals surface area contributed by atoms with Crippen LogP contribution in [0.4, 0.5) is 5.00 Å². The zero-order chi connectivity index (χ0) is 14.2. The minimum atomic E-state index is -0.173. The quantitative estimate of drug-likeness (QED) is 0.845. The van der Waals surface area contributed by atoms with Crippen LogP contribution in [0.5, 0.6) is 0 Å². The Morgan fingerprint density at radius 1 is 1.63 bits per heavy atom. The summed E-state index contributed by atoms with van der Waals surface area (Å²) in [7, 11) is 3.45. The van der Waals surface area contributed by atoms with E-state index in [1.807, 2.05) is 6.20 Å². The summed E-state index contributed by atoms with van der Waals surface area (Å²) < 4.78 is 6.70. The number of nitrogens with zero attached hydrogens (tertiary/aromatic N) is 4. The Hall–Kier alpha value is -1.65. The van der Waals surface area contributed by atoms with E-state index in [1.165, 1.54) is 4.90 Å². The molecule has 0 saturated heterocycles. The molecular weight excluding hydrogens is 328 g/mol. The van der Waals surface area contributed by atoms with Crippen LogP contribution in [0.2, 0.25) is 0 Å². The normalized spacial score (nSPS) is 10.3. The lowest BCUT2D eigenvalue weighted by atomic mass is 10.2. The molecule has 0 saturated carbocycles. The van der Waals surface area contributed by atoms with E-state index in [-0.39, 0.29) is 5.91 Å². The van der Waals surface area contributed by atoms with Crippen LogP contribution in [-0.2, 0) is 7.05 Å². The molecule has 0 unspecified atom stereocenters. The van der Waals surface area contributed by atoms with Gasteiger partial charge in [-0.1, -0.05) is 0 Å². The van der Waals surface area contributed by atoms with Gasteiger partial charge < -0.3 is 4.57 Å². The van der Waals surface area contributed by atoms with Gasteiger partial charge in [0.25, 0.3) is 5.91 Å². The van der Waals surface area contributed by atoms with E-state index in [1.54, 1.807) is 31.7 Å². The Morgan fingerprint density at radius 3 is 2.84 bits per heavy atom. The molecule has 2 heterocycles. The first-order valence-corrected chi connectivity index (χ1v) is 6.98. The van der Waals surface area contributed by atoms with Crippen LogP contribution in [0, 0.1) is 18.3 Å². The molecule has 0 N–H and O–H groups in total. The van der Waals surface area contributed by atoms with E-state index in [0.717, 1.165) is 16.0 Å². The number of aromatic nitrogens is 2. The summed E-state index contributed by atoms with van der Waals surface area (Å²) >= 11 is 4.49. The minimum Gasteiger partial charge on any atom is -0.345 e. The van der Waals surface area contributed by atoms with Gasteiger partial charge in [-0.05, 0) is 40.5 Å². The molecule has 0 atom stereocenters. The van der Waals surface area contributed by atoms with Crippen LogP contribution < -0.4 is 4.90 Å². The number of anilines is 1. The van der Waals surface area contributed by atoms with Crippen molar-refractivity contribution in [1.82, 2.24) is 8.94 Å². The third-order valence-corrected chi connectivity index (χ3v) is 4.21. The van der Waals surface area contributed by atoms with Crippen LogP contribution in [0.25, 0.3) is 0 Å². The van der Waals surface area contributed by atoms with Gasteiger partial charge in [-0.2, -0.15) is 9.64 Å². The average Bonchev–Trinajstić information content (AvgIpc) is 2.90. The highest BCUT2D eigenvalue weighted by Gasteiger charge is 2.22. The third kappa shape index (κ3) is 2.41. The maximum atomic E-state index is 12.4. The Balaban J connectivity index is 2.39. The summed E-state index contributed by atoms with van der Waals surface area (Å²) in [5, 5.41) is 9.69. The van der Waals surface area contributed by atoms with Gasteiger partial charge in [0.2, 0.25) is 0 Å². The second kappa shape index (κ2) is 5.15. The molecule has 19 heavy (non-hydrogen) atoms. The number of aryl methyl sites for hydroxylation is 2. The standard InChI is InChI=1S/C12H11BrN4OS/c1-7-9(5-14)12(19-15-7)17(3)11(18)10-4-8(13)6-16(10)2/h4,6H,1-3H3. The molecule has 0 radical (unpaired) electrons. The van der Waals surface area contributed by atoms with E-state index in [0.29, 0.717) is 22.0 Å². The lowest BCUT2D eigenvalue weighted by Gasteiger charge is -2.15. The van der Waals surface area contributed by atoms with Crippen molar-refractivity contribution in [1.29, 1.82) is 5.26 Å². The molecule has 7 heteroatoms. The van der Waals surface area contributed by atoms with E-state index in [4.69, 9.17) is 5.26 Å². The molecular formula is C12H11BrN4OS. The van der Waals surface area contributed by atoms with E-state index in [9.17, 15) is 4.79 Å². The lowest BCUT2D eigenvalue weighted by molar-refractivity contribution is 0.0986. The van der Waals surface area contributed by atoms with Gasteiger partial charge in [0.1, 0.15) is 22.3 Å². The first-order valence-electron chi connectivity index (χ1n) is 5.42. The number of hydrogen-bond acceptors (Lipinski definition) is 4. The molecule has 1 amide bonds. The van der Waals surface area contributed by atoms with E-state index >= 15 is 0 Å². The number of nitriles is 1. The van der Waals surface area contributed by atoms with Crippen molar-refractivity contribution in [2.45, 2.75) is 6.92 Å². The summed E-state index contributed by atoms with van der Waals surface area (Å²) in [6, 6.07) is 3.84. The summed E-state index contributed by atoms with van der Waals surface area (Å²) in [4.78, 5) is 13.9. The zero-order valence-electron chi connectivity index (χ0n) is 10.6. The molecule has 0 bridgehead atoms. The molecule has 2 rings (SSSR count). The molecule has 5 nitrogen and oxygen atoms in total. The Bertz CT molecular complexity index is 682. The Morgan fingerprint density at radius 2 is 2.32 bits per heavy atom. The van der Waals surface area contributed by atoms with Gasteiger partial charge in [0.15, 0.2) is 0 Å². The summed E-state index contributed by atoms with van der Waals surface area (Å²) in [6.07, 6.45) is 1.81. The highest BCUT2D eigenvalue weighted by atomic mass is 79.9. The highest BCUT2D eigenvalue weighted by molar-refractivity contribution is 9.10. The van der Waals surface area contributed by atoms with Crippen LogP contribution in [0.3, 0.4) is 0 Å². The van der Waals surface area contributed by atoms with Crippen LogP contribution in [-0.4, -0.2) is 21.9 Å². The van der Waals surface area contributed by atoms with Crippen LogP contribution in [0.1, 0.15) is 21.7 Å². The third-order valence-electron chi connectivity index (χ3n) is 2.76. The molecule has 0 aromatic carbocycles. The zero-order valence-corrected chi connectivity index (χ0v) is 13.0. The van der Waals surface area contributed by atoms with Gasteiger partial charge in [0, 0.05) is 24.8 Å². The van der Waals surface area contributed by atoms with Crippen molar-refractivity contribution in [2.75, 3.05) is 11.9 Å². The van der Waals surface area contributed by atoms with E-state index in [2.05, 4.69) is 26.4 Å². The summed E-state index contributed by atoms with van der Waals surface area (Å²) in [6.45, 7) is 1.76. The first kappa shape index (κ1) is 13.8. The first-order chi connectivity index (χ1) is 8.95. The van der Waals surface area contributed by atoms with Gasteiger partial charge in [-0.3, -0.25) is 9.69 Å². The molecule has 2 aromatic heterocycles. The fraction of sp³-hybridized carbons (Fsp3) is 0.250. The number of hydrogen-bond donors (Lipinski definition) is 0. The number of amides is 1. The Kier molecular flexibility index (Phi) is 3.73. The molecule has 2 aromatic rings. The highest BCUT2D eigenvalue weighted by Crippen LogP contribution is 2.28. The number of rotatable bonds is 2. The number of carbonyl (C=O) groups excluding carboxylic acids is 1. The van der Waals surface area contributed by atoms with E-state index < -0.39 is 0 Å². The van der Waals surface area contributed by atoms with Crippen molar-refractivity contribution in [3.63, 3.8) is 0 Å². The monoisotopic (exact) mass is 338 g/mol. The van der Waals surface area contributed by atoms with Crippen LogP contribution >= 0.6 is 27.5 Å². The average molecular weight is 339 g/mol. The minimum absolute atomic E-state index is 0.173. The molecule has 0 aliphatic heterocycles. The van der Waals surface area contributed by atoms with Crippen molar-refractivity contribution >= 4 is 38.4 Å². The largest absolute Gasteiger partial charge is 0.345 e. The van der Waals surface area contributed by atoms with Crippen LogP contribution in [0.15, 0.2) is 16.7 Å². The lowest BCUT2D eigenvalue weighted by Crippen LogP contribution is -2.27. The molecule has 0 aliphatic rings. The molecule has 0 fully saturated rings. The maximum absolute atomic E-state index is 12.4. The second-order valence-corrected chi connectivity index (χ2v) is 5.75. The number of halogens is 1. The summed E-state index contributed by atoms with van der Waals surface area (Å²) in [5.74, 6) is -0.173. The maximum Gasteiger partial charge on any atom is 0.275 e.